The molecule has 1 saturated carbocycles. The van der Waals surface area contributed by atoms with Gasteiger partial charge in [0, 0.05) is 31.7 Å². The quantitative estimate of drug-likeness (QED) is 0.867. The van der Waals surface area contributed by atoms with E-state index in [1.807, 2.05) is 4.90 Å². The van der Waals surface area contributed by atoms with Gasteiger partial charge in [0.05, 0.1) is 12.6 Å². The monoisotopic (exact) mass is 376 g/mol. The molecule has 2 aliphatic rings. The number of carbonyl (C=O) groups is 2. The highest BCUT2D eigenvalue weighted by atomic mass is 19.2. The molecule has 1 heterocycles. The van der Waals surface area contributed by atoms with Crippen LogP contribution in [0.3, 0.4) is 0 Å². The second kappa shape index (κ2) is 8.01. The van der Waals surface area contributed by atoms with Crippen molar-refractivity contribution in [3.05, 3.63) is 35.4 Å². The Balaban J connectivity index is 1.50. The van der Waals surface area contributed by atoms with Crippen molar-refractivity contribution in [1.82, 2.24) is 15.1 Å². The van der Waals surface area contributed by atoms with Crippen LogP contribution < -0.4 is 5.32 Å². The summed E-state index contributed by atoms with van der Waals surface area (Å²) in [6.45, 7) is 1.98. The van der Waals surface area contributed by atoms with Crippen molar-refractivity contribution < 1.29 is 18.4 Å². The molecule has 1 aromatic rings. The summed E-state index contributed by atoms with van der Waals surface area (Å²) >= 11 is 0. The minimum Gasteiger partial charge on any atom is -0.337 e. The summed E-state index contributed by atoms with van der Waals surface area (Å²) in [5, 5.41) is 12.2. The Morgan fingerprint density at radius 3 is 2.37 bits per heavy atom. The number of benzene rings is 1. The van der Waals surface area contributed by atoms with Crippen molar-refractivity contribution in [2.24, 2.45) is 0 Å². The van der Waals surface area contributed by atoms with E-state index in [1.165, 1.54) is 6.07 Å². The van der Waals surface area contributed by atoms with Gasteiger partial charge >= 0.3 is 0 Å². The normalized spacial score (nSPS) is 19.5. The van der Waals surface area contributed by atoms with Crippen LogP contribution in [0.1, 0.15) is 36.0 Å². The SMILES string of the molecule is N#CC1(NC(=O)CN2CCN(C(=O)c3ccc(F)c(F)c3)CC2)CCCC1. The van der Waals surface area contributed by atoms with E-state index < -0.39 is 17.2 Å². The van der Waals surface area contributed by atoms with Crippen LogP contribution in [0, 0.1) is 23.0 Å². The largest absolute Gasteiger partial charge is 0.337 e. The molecule has 0 aromatic heterocycles. The third-order valence-electron chi connectivity index (χ3n) is 5.24. The molecule has 6 nitrogen and oxygen atoms in total. The van der Waals surface area contributed by atoms with Crippen molar-refractivity contribution in [2.75, 3.05) is 32.7 Å². The van der Waals surface area contributed by atoms with Gasteiger partial charge in [0.1, 0.15) is 5.54 Å². The van der Waals surface area contributed by atoms with Gasteiger partial charge in [-0.2, -0.15) is 5.26 Å². The number of carbonyl (C=O) groups excluding carboxylic acids is 2. The summed E-state index contributed by atoms with van der Waals surface area (Å²) in [6.07, 6.45) is 3.26. The second-order valence-electron chi connectivity index (χ2n) is 7.15. The summed E-state index contributed by atoms with van der Waals surface area (Å²) in [7, 11) is 0. The van der Waals surface area contributed by atoms with Gasteiger partial charge in [-0.15, -0.1) is 0 Å². The maximum absolute atomic E-state index is 13.3. The molecule has 1 aliphatic heterocycles. The molecule has 27 heavy (non-hydrogen) atoms. The van der Waals surface area contributed by atoms with Crippen molar-refractivity contribution in [3.8, 4) is 6.07 Å². The molecule has 1 aliphatic carbocycles. The summed E-state index contributed by atoms with van der Waals surface area (Å²) in [5.41, 5.74) is -0.626. The highest BCUT2D eigenvalue weighted by Gasteiger charge is 2.35. The summed E-state index contributed by atoms with van der Waals surface area (Å²) < 4.78 is 26.3. The smallest absolute Gasteiger partial charge is 0.254 e. The standard InChI is InChI=1S/C19H22F2N4O2/c20-15-4-3-14(11-16(15)21)18(27)25-9-7-24(8-10-25)12-17(26)23-19(13-22)5-1-2-6-19/h3-4,11H,1-2,5-10,12H2,(H,23,26). The van der Waals surface area contributed by atoms with Crippen LogP contribution in [0.2, 0.25) is 0 Å². The van der Waals surface area contributed by atoms with E-state index in [0.717, 1.165) is 25.0 Å². The van der Waals surface area contributed by atoms with E-state index in [1.54, 1.807) is 4.90 Å². The van der Waals surface area contributed by atoms with Crippen LogP contribution >= 0.6 is 0 Å². The molecule has 1 saturated heterocycles. The van der Waals surface area contributed by atoms with Gasteiger partial charge in [0.15, 0.2) is 11.6 Å². The number of nitrogens with one attached hydrogen (secondary N) is 1. The molecule has 1 aromatic carbocycles. The van der Waals surface area contributed by atoms with Crippen LogP contribution in [-0.4, -0.2) is 59.9 Å². The summed E-state index contributed by atoms with van der Waals surface area (Å²) in [4.78, 5) is 28.2. The van der Waals surface area contributed by atoms with Gasteiger partial charge in [0.25, 0.3) is 5.91 Å². The van der Waals surface area contributed by atoms with Crippen LogP contribution in [0.25, 0.3) is 0 Å². The van der Waals surface area contributed by atoms with E-state index in [9.17, 15) is 23.6 Å². The minimum atomic E-state index is -1.05. The van der Waals surface area contributed by atoms with Crippen LogP contribution in [-0.2, 0) is 4.79 Å². The Labute approximate surface area is 156 Å². The Morgan fingerprint density at radius 1 is 1.11 bits per heavy atom. The highest BCUT2D eigenvalue weighted by molar-refractivity contribution is 5.94. The number of nitriles is 1. The lowest BCUT2D eigenvalue weighted by atomic mass is 10.00. The molecule has 2 fully saturated rings. The number of nitrogens with zero attached hydrogens (tertiary/aromatic N) is 3. The van der Waals surface area contributed by atoms with Crippen LogP contribution in [0.4, 0.5) is 8.78 Å². The molecule has 144 valence electrons. The molecule has 2 amide bonds. The first kappa shape index (κ1) is 19.2. The number of amides is 2. The fourth-order valence-corrected chi connectivity index (χ4v) is 3.67. The number of hydrogen-bond acceptors (Lipinski definition) is 4. The van der Waals surface area contributed by atoms with Gasteiger partial charge < -0.3 is 10.2 Å². The van der Waals surface area contributed by atoms with Crippen molar-refractivity contribution in [1.29, 1.82) is 5.26 Å². The number of piperazine rings is 1. The van der Waals surface area contributed by atoms with Crippen molar-refractivity contribution in [2.45, 2.75) is 31.2 Å². The fourth-order valence-electron chi connectivity index (χ4n) is 3.67. The molecule has 0 radical (unpaired) electrons. The number of halogens is 2. The van der Waals surface area contributed by atoms with E-state index in [0.29, 0.717) is 39.0 Å². The Morgan fingerprint density at radius 2 is 1.78 bits per heavy atom. The lowest BCUT2D eigenvalue weighted by Gasteiger charge is -2.35. The zero-order valence-electron chi connectivity index (χ0n) is 15.0. The third-order valence-corrected chi connectivity index (χ3v) is 5.24. The first-order valence-electron chi connectivity index (χ1n) is 9.11. The van der Waals surface area contributed by atoms with Gasteiger partial charge in [0.2, 0.25) is 5.91 Å². The van der Waals surface area contributed by atoms with Crippen molar-refractivity contribution in [3.63, 3.8) is 0 Å². The van der Waals surface area contributed by atoms with Gasteiger partial charge in [-0.25, -0.2) is 8.78 Å². The maximum Gasteiger partial charge on any atom is 0.254 e. The van der Waals surface area contributed by atoms with Crippen LogP contribution in [0.5, 0.6) is 0 Å². The predicted molar refractivity (Wildman–Crippen MR) is 93.7 cm³/mol. The Bertz CT molecular complexity index is 763. The highest BCUT2D eigenvalue weighted by Crippen LogP contribution is 2.28. The first-order valence-corrected chi connectivity index (χ1v) is 9.11. The zero-order valence-corrected chi connectivity index (χ0v) is 15.0. The molecule has 0 bridgehead atoms. The molecule has 0 spiro atoms. The second-order valence-corrected chi connectivity index (χ2v) is 7.15. The molecule has 0 atom stereocenters. The lowest BCUT2D eigenvalue weighted by Crippen LogP contribution is -2.53. The fraction of sp³-hybridized carbons (Fsp3) is 0.526. The van der Waals surface area contributed by atoms with Crippen LogP contribution in [0.15, 0.2) is 18.2 Å². The van der Waals surface area contributed by atoms with Gasteiger partial charge in [-0.1, -0.05) is 0 Å². The summed E-state index contributed by atoms with van der Waals surface area (Å²) in [6, 6.07) is 5.35. The Hall–Kier alpha value is -2.53. The topological polar surface area (TPSA) is 76.4 Å². The van der Waals surface area contributed by atoms with E-state index >= 15 is 0 Å². The summed E-state index contributed by atoms with van der Waals surface area (Å²) in [5.74, 6) is -2.57. The third kappa shape index (κ3) is 4.42. The minimum absolute atomic E-state index is 0.109. The zero-order chi connectivity index (χ0) is 19.4. The maximum atomic E-state index is 13.3. The number of hydrogen-bond donors (Lipinski definition) is 1. The van der Waals surface area contributed by atoms with E-state index in [4.69, 9.17) is 0 Å². The molecule has 8 heteroatoms. The Kier molecular flexibility index (Phi) is 5.71. The van der Waals surface area contributed by atoms with Gasteiger partial charge in [-0.3, -0.25) is 14.5 Å². The predicted octanol–water partition coefficient (Wildman–Crippen LogP) is 1.68. The molecular formula is C19H22F2N4O2. The average molecular weight is 376 g/mol. The lowest BCUT2D eigenvalue weighted by molar-refractivity contribution is -0.123. The van der Waals surface area contributed by atoms with Gasteiger partial charge in [-0.05, 0) is 43.9 Å². The van der Waals surface area contributed by atoms with Crippen molar-refractivity contribution >= 4 is 11.8 Å². The average Bonchev–Trinajstić information content (AvgIpc) is 3.13. The molecule has 1 N–H and O–H groups in total. The molecular weight excluding hydrogens is 354 g/mol. The first-order chi connectivity index (χ1) is 12.9. The number of rotatable bonds is 4. The molecule has 0 unspecified atom stereocenters. The van der Waals surface area contributed by atoms with E-state index in [2.05, 4.69) is 11.4 Å². The van der Waals surface area contributed by atoms with E-state index in [-0.39, 0.29) is 23.9 Å². The molecule has 3 rings (SSSR count).